The first-order valence-corrected chi connectivity index (χ1v) is 6.03. The third kappa shape index (κ3) is 2.86. The minimum absolute atomic E-state index is 0.00755. The molecule has 1 aromatic rings. The van der Waals surface area contributed by atoms with Crippen LogP contribution in [0.25, 0.3) is 0 Å². The summed E-state index contributed by atoms with van der Waals surface area (Å²) < 4.78 is 12.8. The van der Waals surface area contributed by atoms with Gasteiger partial charge in [-0.1, -0.05) is 0 Å². The molecule has 0 aromatic heterocycles. The van der Waals surface area contributed by atoms with E-state index in [0.717, 1.165) is 13.1 Å². The molecule has 0 bridgehead atoms. The van der Waals surface area contributed by atoms with Gasteiger partial charge in [0.05, 0.1) is 0 Å². The number of nitrogens with zero attached hydrogens (tertiary/aromatic N) is 2. The number of nitrogens with one attached hydrogen (secondary N) is 1. The number of halogens is 1. The standard InChI is InChI=1S/C13H18FN3O/c1-16-8-7-15-12(9-16)13(18)17(2)11-5-3-10(14)4-6-11/h3-6,12,15H,7-9H2,1-2H3. The maximum Gasteiger partial charge on any atom is 0.245 e. The maximum atomic E-state index is 12.8. The van der Waals surface area contributed by atoms with E-state index in [1.54, 1.807) is 24.1 Å². The van der Waals surface area contributed by atoms with Crippen LogP contribution in [0, 0.1) is 5.82 Å². The molecule has 5 heteroatoms. The van der Waals surface area contributed by atoms with Gasteiger partial charge in [0.2, 0.25) is 5.91 Å². The highest BCUT2D eigenvalue weighted by Crippen LogP contribution is 2.14. The average Bonchev–Trinajstić information content (AvgIpc) is 2.38. The van der Waals surface area contributed by atoms with Gasteiger partial charge < -0.3 is 15.1 Å². The lowest BCUT2D eigenvalue weighted by Crippen LogP contribution is -2.56. The average molecular weight is 251 g/mol. The molecule has 1 aromatic carbocycles. The zero-order chi connectivity index (χ0) is 13.1. The second-order valence-electron chi connectivity index (χ2n) is 4.64. The van der Waals surface area contributed by atoms with Crippen molar-refractivity contribution in [1.29, 1.82) is 0 Å². The van der Waals surface area contributed by atoms with Crippen LogP contribution in [0.4, 0.5) is 10.1 Å². The van der Waals surface area contributed by atoms with E-state index in [-0.39, 0.29) is 17.8 Å². The van der Waals surface area contributed by atoms with E-state index < -0.39 is 0 Å². The van der Waals surface area contributed by atoms with Gasteiger partial charge in [-0.25, -0.2) is 4.39 Å². The van der Waals surface area contributed by atoms with Crippen LogP contribution >= 0.6 is 0 Å². The molecule has 2 rings (SSSR count). The molecule has 0 aliphatic carbocycles. The van der Waals surface area contributed by atoms with Gasteiger partial charge in [-0.3, -0.25) is 4.79 Å². The lowest BCUT2D eigenvalue weighted by atomic mass is 10.2. The molecule has 1 unspecified atom stereocenters. The summed E-state index contributed by atoms with van der Waals surface area (Å²) in [5.41, 5.74) is 0.705. The van der Waals surface area contributed by atoms with Crippen molar-refractivity contribution < 1.29 is 9.18 Å². The molecule has 1 amide bonds. The van der Waals surface area contributed by atoms with Crippen LogP contribution in [0.1, 0.15) is 0 Å². The summed E-state index contributed by atoms with van der Waals surface area (Å²) in [5.74, 6) is -0.289. The minimum Gasteiger partial charge on any atom is -0.314 e. The summed E-state index contributed by atoms with van der Waals surface area (Å²) in [6.45, 7) is 2.46. The van der Waals surface area contributed by atoms with E-state index >= 15 is 0 Å². The molecular formula is C13H18FN3O. The quantitative estimate of drug-likeness (QED) is 0.840. The Morgan fingerprint density at radius 3 is 2.72 bits per heavy atom. The van der Waals surface area contributed by atoms with E-state index in [0.29, 0.717) is 12.2 Å². The highest BCUT2D eigenvalue weighted by molar-refractivity contribution is 5.96. The van der Waals surface area contributed by atoms with Gasteiger partial charge in [0.15, 0.2) is 0 Å². The Bertz CT molecular complexity index is 421. The molecule has 0 radical (unpaired) electrons. The summed E-state index contributed by atoms with van der Waals surface area (Å²) >= 11 is 0. The number of rotatable bonds is 2. The predicted molar refractivity (Wildman–Crippen MR) is 69.1 cm³/mol. The zero-order valence-electron chi connectivity index (χ0n) is 10.7. The van der Waals surface area contributed by atoms with Gasteiger partial charge >= 0.3 is 0 Å². The summed E-state index contributed by atoms with van der Waals surface area (Å²) in [7, 11) is 3.71. The number of benzene rings is 1. The van der Waals surface area contributed by atoms with Gasteiger partial charge in [-0.15, -0.1) is 0 Å². The number of hydrogen-bond acceptors (Lipinski definition) is 3. The third-order valence-electron chi connectivity index (χ3n) is 3.22. The zero-order valence-corrected chi connectivity index (χ0v) is 10.7. The number of carbonyl (C=O) groups excluding carboxylic acids is 1. The fourth-order valence-electron chi connectivity index (χ4n) is 2.09. The molecule has 1 atom stereocenters. The molecule has 98 valence electrons. The highest BCUT2D eigenvalue weighted by atomic mass is 19.1. The first-order valence-electron chi connectivity index (χ1n) is 6.03. The second kappa shape index (κ2) is 5.46. The molecule has 0 saturated carbocycles. The molecule has 0 spiro atoms. The summed E-state index contributed by atoms with van der Waals surface area (Å²) in [4.78, 5) is 16.0. The number of amides is 1. The van der Waals surface area contributed by atoms with Crippen LogP contribution in [0.2, 0.25) is 0 Å². The van der Waals surface area contributed by atoms with Crippen molar-refractivity contribution in [3.63, 3.8) is 0 Å². The van der Waals surface area contributed by atoms with E-state index in [1.807, 2.05) is 7.05 Å². The number of anilines is 1. The molecule has 1 heterocycles. The summed E-state index contributed by atoms with van der Waals surface area (Å²) in [6, 6.07) is 5.75. The Balaban J connectivity index is 2.06. The Hall–Kier alpha value is -1.46. The Morgan fingerprint density at radius 1 is 1.44 bits per heavy atom. The van der Waals surface area contributed by atoms with Crippen molar-refractivity contribution >= 4 is 11.6 Å². The van der Waals surface area contributed by atoms with Gasteiger partial charge in [0.1, 0.15) is 11.9 Å². The molecular weight excluding hydrogens is 233 g/mol. The van der Waals surface area contributed by atoms with Crippen molar-refractivity contribution in [2.24, 2.45) is 0 Å². The lowest BCUT2D eigenvalue weighted by molar-refractivity contribution is -0.121. The smallest absolute Gasteiger partial charge is 0.245 e. The Morgan fingerprint density at radius 2 is 2.11 bits per heavy atom. The Kier molecular flexibility index (Phi) is 3.93. The van der Waals surface area contributed by atoms with Crippen molar-refractivity contribution in [2.75, 3.05) is 38.6 Å². The summed E-state index contributed by atoms with van der Waals surface area (Å²) in [6.07, 6.45) is 0. The van der Waals surface area contributed by atoms with Crippen LogP contribution in [-0.2, 0) is 4.79 Å². The number of piperazine rings is 1. The fraction of sp³-hybridized carbons (Fsp3) is 0.462. The van der Waals surface area contributed by atoms with Crippen LogP contribution in [0.3, 0.4) is 0 Å². The second-order valence-corrected chi connectivity index (χ2v) is 4.64. The van der Waals surface area contributed by atoms with Crippen molar-refractivity contribution in [3.05, 3.63) is 30.1 Å². The SMILES string of the molecule is CN1CCNC(C(=O)N(C)c2ccc(F)cc2)C1. The molecule has 1 N–H and O–H groups in total. The van der Waals surface area contributed by atoms with Crippen molar-refractivity contribution in [1.82, 2.24) is 10.2 Å². The van der Waals surface area contributed by atoms with Gasteiger partial charge in [0, 0.05) is 32.4 Å². The van der Waals surface area contributed by atoms with E-state index in [2.05, 4.69) is 10.2 Å². The van der Waals surface area contributed by atoms with Crippen LogP contribution in [-0.4, -0.2) is 50.6 Å². The first kappa shape index (κ1) is 13.0. The van der Waals surface area contributed by atoms with Gasteiger partial charge in [0.25, 0.3) is 0 Å². The minimum atomic E-state index is -0.296. The van der Waals surface area contributed by atoms with E-state index in [9.17, 15) is 9.18 Å². The number of hydrogen-bond donors (Lipinski definition) is 1. The molecule has 1 aliphatic rings. The third-order valence-corrected chi connectivity index (χ3v) is 3.22. The van der Waals surface area contributed by atoms with Crippen LogP contribution < -0.4 is 10.2 Å². The lowest BCUT2D eigenvalue weighted by Gasteiger charge is -2.32. The first-order chi connectivity index (χ1) is 8.58. The maximum absolute atomic E-state index is 12.8. The van der Waals surface area contributed by atoms with E-state index in [1.165, 1.54) is 12.1 Å². The van der Waals surface area contributed by atoms with Gasteiger partial charge in [-0.2, -0.15) is 0 Å². The molecule has 4 nitrogen and oxygen atoms in total. The van der Waals surface area contributed by atoms with Crippen molar-refractivity contribution in [2.45, 2.75) is 6.04 Å². The highest BCUT2D eigenvalue weighted by Gasteiger charge is 2.26. The van der Waals surface area contributed by atoms with E-state index in [4.69, 9.17) is 0 Å². The fourth-order valence-corrected chi connectivity index (χ4v) is 2.09. The number of carbonyl (C=O) groups is 1. The molecule has 18 heavy (non-hydrogen) atoms. The monoisotopic (exact) mass is 251 g/mol. The van der Waals surface area contributed by atoms with Crippen LogP contribution in [0.5, 0.6) is 0 Å². The normalized spacial score (nSPS) is 20.7. The topological polar surface area (TPSA) is 35.6 Å². The van der Waals surface area contributed by atoms with Crippen LogP contribution in [0.15, 0.2) is 24.3 Å². The number of likely N-dealkylation sites (N-methyl/N-ethyl adjacent to an activating group) is 2. The Labute approximate surface area is 106 Å². The molecule has 1 aliphatic heterocycles. The van der Waals surface area contributed by atoms with Gasteiger partial charge in [-0.05, 0) is 31.3 Å². The summed E-state index contributed by atoms with van der Waals surface area (Å²) in [5, 5.41) is 3.20. The molecule has 1 saturated heterocycles. The molecule has 1 fully saturated rings. The largest absolute Gasteiger partial charge is 0.314 e. The van der Waals surface area contributed by atoms with Crippen molar-refractivity contribution in [3.8, 4) is 0 Å². The predicted octanol–water partition coefficient (Wildman–Crippen LogP) is 0.692.